The molecule has 1 unspecified atom stereocenters. The van der Waals surface area contributed by atoms with Crippen LogP contribution in [0.15, 0.2) is 57.5 Å². The van der Waals surface area contributed by atoms with Gasteiger partial charge in [-0.1, -0.05) is 17.4 Å². The summed E-state index contributed by atoms with van der Waals surface area (Å²) in [6.45, 7) is 7.51. The minimum Gasteiger partial charge on any atom is -0.493 e. The van der Waals surface area contributed by atoms with Gasteiger partial charge in [0.2, 0.25) is 0 Å². The summed E-state index contributed by atoms with van der Waals surface area (Å²) < 4.78 is 18.5. The van der Waals surface area contributed by atoms with Crippen molar-refractivity contribution in [2.75, 3.05) is 38.3 Å². The number of aromatic nitrogens is 1. The van der Waals surface area contributed by atoms with Gasteiger partial charge in [-0.2, -0.15) is 0 Å². The lowest BCUT2D eigenvalue weighted by atomic mass is 9.95. The quantitative estimate of drug-likeness (QED) is 0.209. The van der Waals surface area contributed by atoms with Crippen LogP contribution < -0.4 is 29.3 Å². The highest BCUT2D eigenvalue weighted by atomic mass is 32.1. The van der Waals surface area contributed by atoms with Gasteiger partial charge in [0.1, 0.15) is 0 Å². The Morgan fingerprint density at radius 2 is 1.90 bits per heavy atom. The van der Waals surface area contributed by atoms with Crippen molar-refractivity contribution < 1.29 is 23.9 Å². The highest BCUT2D eigenvalue weighted by molar-refractivity contribution is 7.07. The summed E-state index contributed by atoms with van der Waals surface area (Å²) in [6.07, 6.45) is 3.74. The molecule has 1 aromatic heterocycles. The maximum absolute atomic E-state index is 14.1. The molecule has 1 atom stereocenters. The van der Waals surface area contributed by atoms with E-state index < -0.39 is 16.9 Å². The van der Waals surface area contributed by atoms with Gasteiger partial charge in [0.15, 0.2) is 16.3 Å². The molecule has 0 aliphatic carbocycles. The van der Waals surface area contributed by atoms with E-state index in [2.05, 4.69) is 9.89 Å². The minimum absolute atomic E-state index is 0.0584. The van der Waals surface area contributed by atoms with E-state index in [1.165, 1.54) is 28.0 Å². The first kappa shape index (κ1) is 29.1. The summed E-state index contributed by atoms with van der Waals surface area (Å²) in [7, 11) is 1.54. The van der Waals surface area contributed by atoms with Crippen LogP contribution in [0.25, 0.3) is 6.08 Å². The monoisotopic (exact) mass is 592 g/mol. The molecule has 0 radical (unpaired) electrons. The number of benzene rings is 2. The van der Waals surface area contributed by atoms with Gasteiger partial charge >= 0.3 is 5.97 Å². The lowest BCUT2D eigenvalue weighted by Crippen LogP contribution is -2.40. The summed E-state index contributed by atoms with van der Waals surface area (Å²) in [4.78, 5) is 45.7. The number of anilines is 1. The number of carbonyl (C=O) groups excluding carboxylic acids is 1. The second kappa shape index (κ2) is 12.2. The van der Waals surface area contributed by atoms with E-state index in [9.17, 15) is 19.7 Å². The maximum Gasteiger partial charge on any atom is 0.338 e. The Bertz CT molecular complexity index is 1750. The number of hydrogen-bond acceptors (Lipinski definition) is 10. The fraction of sp³-hybridized carbons (Fsp3) is 0.367. The zero-order chi connectivity index (χ0) is 30.0. The van der Waals surface area contributed by atoms with Crippen molar-refractivity contribution in [1.29, 1.82) is 0 Å². The lowest BCUT2D eigenvalue weighted by molar-refractivity contribution is -0.384. The molecule has 1 saturated heterocycles. The predicted molar refractivity (Wildman–Crippen MR) is 159 cm³/mol. The molecule has 220 valence electrons. The first-order valence-corrected chi connectivity index (χ1v) is 14.6. The van der Waals surface area contributed by atoms with Crippen LogP contribution in [0, 0.1) is 10.1 Å². The number of carbonyl (C=O) groups is 1. The molecular weight excluding hydrogens is 560 g/mol. The molecular formula is C30H32N4O7S. The first-order chi connectivity index (χ1) is 20.3. The number of rotatable bonds is 9. The van der Waals surface area contributed by atoms with Crippen LogP contribution in [0.1, 0.15) is 50.8 Å². The van der Waals surface area contributed by atoms with E-state index in [1.54, 1.807) is 51.3 Å². The largest absolute Gasteiger partial charge is 0.493 e. The van der Waals surface area contributed by atoms with E-state index in [1.807, 2.05) is 6.92 Å². The summed E-state index contributed by atoms with van der Waals surface area (Å²) in [5, 5.41) is 11.6. The first-order valence-electron chi connectivity index (χ1n) is 13.8. The highest BCUT2D eigenvalue weighted by Gasteiger charge is 2.34. The maximum atomic E-state index is 14.1. The molecule has 3 heterocycles. The van der Waals surface area contributed by atoms with Crippen molar-refractivity contribution in [3.05, 3.63) is 88.6 Å². The second-order valence-electron chi connectivity index (χ2n) is 9.84. The normalized spacial score (nSPS) is 16.7. The third-order valence-corrected chi connectivity index (χ3v) is 8.26. The van der Waals surface area contributed by atoms with Crippen LogP contribution in [-0.2, 0) is 9.53 Å². The van der Waals surface area contributed by atoms with Gasteiger partial charge in [-0.3, -0.25) is 19.5 Å². The molecule has 0 saturated carbocycles. The molecule has 1 fully saturated rings. The van der Waals surface area contributed by atoms with Crippen molar-refractivity contribution in [3.8, 4) is 11.5 Å². The number of hydrogen-bond donors (Lipinski definition) is 0. The number of nitro benzene ring substituents is 1. The van der Waals surface area contributed by atoms with Gasteiger partial charge < -0.3 is 19.1 Å². The topological polar surface area (TPSA) is 126 Å². The average Bonchev–Trinajstić information content (AvgIpc) is 3.61. The molecule has 12 heteroatoms. The Kier molecular flexibility index (Phi) is 8.44. The van der Waals surface area contributed by atoms with E-state index >= 15 is 0 Å². The van der Waals surface area contributed by atoms with Crippen LogP contribution in [-0.4, -0.2) is 48.9 Å². The molecule has 0 spiro atoms. The Hall–Kier alpha value is -4.45. The van der Waals surface area contributed by atoms with Gasteiger partial charge in [0, 0.05) is 36.5 Å². The zero-order valence-electron chi connectivity index (χ0n) is 23.9. The number of nitrogens with zero attached hydrogens (tertiary/aromatic N) is 4. The number of allylic oxidation sites excluding steroid dienone is 1. The molecule has 5 rings (SSSR count). The SMILES string of the molecule is CCOC(=O)C1=C(C)N=c2sc(=Cc3cc([N+](=O)[O-])ccc3N3CCCC3)c(=O)n2C1c1ccc(OC)c(OCC)c1. The number of non-ortho nitro benzene ring substituents is 1. The molecule has 0 N–H and O–H groups in total. The van der Waals surface area contributed by atoms with Gasteiger partial charge in [0.05, 0.1) is 47.1 Å². The van der Waals surface area contributed by atoms with Crippen LogP contribution >= 0.6 is 11.3 Å². The van der Waals surface area contributed by atoms with Gasteiger partial charge in [-0.25, -0.2) is 9.79 Å². The van der Waals surface area contributed by atoms with Gasteiger partial charge in [-0.05, 0) is 63.5 Å². The Balaban J connectivity index is 1.73. The van der Waals surface area contributed by atoms with Crippen LogP contribution in [0.5, 0.6) is 11.5 Å². The van der Waals surface area contributed by atoms with E-state index in [0.29, 0.717) is 44.3 Å². The van der Waals surface area contributed by atoms with Crippen molar-refractivity contribution in [2.24, 2.45) is 4.99 Å². The minimum atomic E-state index is -0.837. The summed E-state index contributed by atoms with van der Waals surface area (Å²) in [6, 6.07) is 9.17. The molecule has 0 bridgehead atoms. The number of ether oxygens (including phenoxy) is 3. The lowest BCUT2D eigenvalue weighted by Gasteiger charge is -2.25. The molecule has 42 heavy (non-hydrogen) atoms. The summed E-state index contributed by atoms with van der Waals surface area (Å²) in [5.41, 5.74) is 2.29. The Labute approximate surface area is 246 Å². The third-order valence-electron chi connectivity index (χ3n) is 7.28. The number of thiazole rings is 1. The number of esters is 1. The molecule has 11 nitrogen and oxygen atoms in total. The molecule has 0 amide bonds. The van der Waals surface area contributed by atoms with E-state index in [0.717, 1.165) is 31.6 Å². The molecule has 2 aliphatic rings. The molecule has 2 aromatic carbocycles. The fourth-order valence-electron chi connectivity index (χ4n) is 5.40. The summed E-state index contributed by atoms with van der Waals surface area (Å²) in [5.74, 6) is 0.428. The second-order valence-corrected chi connectivity index (χ2v) is 10.8. The van der Waals surface area contributed by atoms with Crippen LogP contribution in [0.3, 0.4) is 0 Å². The average molecular weight is 593 g/mol. The number of fused-ring (bicyclic) bond motifs is 1. The predicted octanol–water partition coefficient (Wildman–Crippen LogP) is 3.71. The number of methoxy groups -OCH3 is 1. The van der Waals surface area contributed by atoms with Gasteiger partial charge in [-0.15, -0.1) is 0 Å². The van der Waals surface area contributed by atoms with Crippen LogP contribution in [0.4, 0.5) is 11.4 Å². The fourth-order valence-corrected chi connectivity index (χ4v) is 6.43. The van der Waals surface area contributed by atoms with Crippen molar-refractivity contribution in [1.82, 2.24) is 4.57 Å². The summed E-state index contributed by atoms with van der Waals surface area (Å²) >= 11 is 1.17. The van der Waals surface area contributed by atoms with Crippen LogP contribution in [0.2, 0.25) is 0 Å². The molecule has 3 aromatic rings. The Morgan fingerprint density at radius 1 is 1.14 bits per heavy atom. The number of nitro groups is 1. The molecule has 2 aliphatic heterocycles. The van der Waals surface area contributed by atoms with E-state index in [4.69, 9.17) is 14.2 Å². The Morgan fingerprint density at radius 3 is 2.57 bits per heavy atom. The smallest absolute Gasteiger partial charge is 0.338 e. The zero-order valence-corrected chi connectivity index (χ0v) is 24.7. The highest BCUT2D eigenvalue weighted by Crippen LogP contribution is 2.36. The van der Waals surface area contributed by atoms with Crippen molar-refractivity contribution in [3.63, 3.8) is 0 Å². The van der Waals surface area contributed by atoms with E-state index in [-0.39, 0.29) is 23.4 Å². The van der Waals surface area contributed by atoms with Crippen molar-refractivity contribution in [2.45, 2.75) is 39.7 Å². The third kappa shape index (κ3) is 5.41. The standard InChI is InChI=1S/C30H32N4O7S/c1-5-40-24-16-19(9-12-23(24)39-4)27-26(29(36)41-6-2)18(3)31-30-33(27)28(35)25(42-30)17-20-15-21(34(37)38)10-11-22(20)32-13-7-8-14-32/h9-12,15-17,27H,5-8,13-14H2,1-4H3. The van der Waals surface area contributed by atoms with Crippen molar-refractivity contribution >= 4 is 34.8 Å². The van der Waals surface area contributed by atoms with Gasteiger partial charge in [0.25, 0.3) is 11.2 Å².